The van der Waals surface area contributed by atoms with Crippen LogP contribution in [-0.2, 0) is 22.8 Å². The number of nitrogens with one attached hydrogen (secondary N) is 1. The van der Waals surface area contributed by atoms with Crippen molar-refractivity contribution < 1.29 is 8.42 Å². The Morgan fingerprint density at radius 1 is 1.48 bits per heavy atom. The molecule has 0 atom stereocenters. The van der Waals surface area contributed by atoms with Crippen LogP contribution in [0.2, 0.25) is 0 Å². The lowest BCUT2D eigenvalue weighted by molar-refractivity contribution is 0.353. The van der Waals surface area contributed by atoms with Crippen LogP contribution in [-0.4, -0.2) is 54.4 Å². The van der Waals surface area contributed by atoms with Crippen LogP contribution in [0.5, 0.6) is 0 Å². The Balaban J connectivity index is 2.09. The van der Waals surface area contributed by atoms with Crippen LogP contribution in [0.15, 0.2) is 11.2 Å². The van der Waals surface area contributed by atoms with E-state index < -0.39 is 14.6 Å². The molecule has 0 saturated carbocycles. The third-order valence-corrected chi connectivity index (χ3v) is 7.78. The predicted molar refractivity (Wildman–Crippen MR) is 105 cm³/mol. The molecule has 1 N–H and O–H groups in total. The van der Waals surface area contributed by atoms with Crippen molar-refractivity contribution in [1.29, 1.82) is 0 Å². The Morgan fingerprint density at radius 2 is 2.20 bits per heavy atom. The van der Waals surface area contributed by atoms with Crippen LogP contribution < -0.4 is 5.32 Å². The van der Waals surface area contributed by atoms with E-state index in [4.69, 9.17) is 4.99 Å². The summed E-state index contributed by atoms with van der Waals surface area (Å²) in [6.45, 7) is 12.3. The second kappa shape index (κ2) is 8.03. The van der Waals surface area contributed by atoms with E-state index in [1.54, 1.807) is 25.2 Å². The minimum absolute atomic E-state index is 0.170. The maximum atomic E-state index is 12.2. The summed E-state index contributed by atoms with van der Waals surface area (Å²) in [4.78, 5) is 12.4. The highest BCUT2D eigenvalue weighted by atomic mass is 32.2. The number of aromatic nitrogens is 1. The van der Waals surface area contributed by atoms with Gasteiger partial charge >= 0.3 is 0 Å². The molecule has 1 fully saturated rings. The maximum Gasteiger partial charge on any atom is 0.194 e. The van der Waals surface area contributed by atoms with Gasteiger partial charge in [-0.1, -0.05) is 13.8 Å². The van der Waals surface area contributed by atoms with Crippen LogP contribution in [0.4, 0.5) is 0 Å². The van der Waals surface area contributed by atoms with Gasteiger partial charge in [0.15, 0.2) is 15.8 Å². The fourth-order valence-electron chi connectivity index (χ4n) is 2.77. The molecule has 2 heterocycles. The number of aliphatic imine (C=N–C) groups is 1. The predicted octanol–water partition coefficient (Wildman–Crippen LogP) is 2.32. The Bertz CT molecular complexity index is 708. The second-order valence-corrected chi connectivity index (χ2v) is 11.4. The average molecular weight is 387 g/mol. The molecule has 0 radical (unpaired) electrons. The van der Waals surface area contributed by atoms with Crippen LogP contribution in [0, 0.1) is 5.92 Å². The number of guanidine groups is 1. The Labute approximate surface area is 155 Å². The van der Waals surface area contributed by atoms with Crippen molar-refractivity contribution in [3.63, 3.8) is 0 Å². The third kappa shape index (κ3) is 5.17. The van der Waals surface area contributed by atoms with Gasteiger partial charge in [0.1, 0.15) is 0 Å². The molecule has 1 aliphatic heterocycles. The smallest absolute Gasteiger partial charge is 0.194 e. The average Bonchev–Trinajstić information content (AvgIpc) is 2.93. The van der Waals surface area contributed by atoms with E-state index in [0.717, 1.165) is 28.8 Å². The Kier molecular flexibility index (Phi) is 6.48. The molecule has 0 aromatic carbocycles. The molecule has 0 amide bonds. The molecule has 142 valence electrons. The minimum Gasteiger partial charge on any atom is -0.357 e. The zero-order valence-electron chi connectivity index (χ0n) is 15.9. The topological polar surface area (TPSA) is 74.7 Å². The summed E-state index contributed by atoms with van der Waals surface area (Å²) >= 11 is 1.71. The first-order chi connectivity index (χ1) is 11.6. The fraction of sp³-hybridized carbons (Fsp3) is 0.765. The molecule has 25 heavy (non-hydrogen) atoms. The molecule has 0 bridgehead atoms. The summed E-state index contributed by atoms with van der Waals surface area (Å²) in [6, 6.07) is 0. The van der Waals surface area contributed by atoms with E-state index in [0.29, 0.717) is 25.6 Å². The summed E-state index contributed by atoms with van der Waals surface area (Å²) in [5, 5.41) is 4.44. The van der Waals surface area contributed by atoms with Gasteiger partial charge in [-0.15, -0.1) is 11.3 Å². The van der Waals surface area contributed by atoms with Gasteiger partial charge in [-0.05, 0) is 26.7 Å². The molecular formula is C17H30N4O2S2. The number of hydrogen-bond acceptors (Lipinski definition) is 5. The van der Waals surface area contributed by atoms with Crippen molar-refractivity contribution in [2.24, 2.45) is 10.9 Å². The van der Waals surface area contributed by atoms with Crippen LogP contribution in [0.1, 0.15) is 44.5 Å². The SMILES string of the molecule is CCNC(=NCc1cnc(CC(C)C)s1)N1CCS(=O)(=O)C(C)(C)C1. The summed E-state index contributed by atoms with van der Waals surface area (Å²) in [6.07, 6.45) is 2.90. The molecule has 1 saturated heterocycles. The van der Waals surface area contributed by atoms with Crippen molar-refractivity contribution in [2.45, 2.75) is 52.3 Å². The maximum absolute atomic E-state index is 12.2. The number of rotatable bonds is 5. The Morgan fingerprint density at radius 3 is 2.80 bits per heavy atom. The molecule has 0 aliphatic carbocycles. The quantitative estimate of drug-likeness (QED) is 0.621. The van der Waals surface area contributed by atoms with Gasteiger partial charge in [-0.25, -0.2) is 18.4 Å². The lowest BCUT2D eigenvalue weighted by Gasteiger charge is -2.39. The van der Waals surface area contributed by atoms with Gasteiger partial charge in [-0.2, -0.15) is 0 Å². The van der Waals surface area contributed by atoms with Crippen molar-refractivity contribution in [2.75, 3.05) is 25.4 Å². The molecule has 1 aromatic heterocycles. The molecule has 8 heteroatoms. The zero-order valence-corrected chi connectivity index (χ0v) is 17.5. The van der Waals surface area contributed by atoms with Crippen molar-refractivity contribution in [3.05, 3.63) is 16.1 Å². The van der Waals surface area contributed by atoms with Crippen molar-refractivity contribution >= 4 is 27.1 Å². The minimum atomic E-state index is -3.05. The summed E-state index contributed by atoms with van der Waals surface area (Å²) < 4.78 is 23.7. The van der Waals surface area contributed by atoms with E-state index >= 15 is 0 Å². The highest BCUT2D eigenvalue weighted by Crippen LogP contribution is 2.24. The molecule has 0 spiro atoms. The fourth-order valence-corrected chi connectivity index (χ4v) is 5.19. The number of sulfone groups is 1. The van der Waals surface area contributed by atoms with Gasteiger partial charge in [0.2, 0.25) is 0 Å². The molecule has 0 unspecified atom stereocenters. The van der Waals surface area contributed by atoms with Crippen molar-refractivity contribution in [1.82, 2.24) is 15.2 Å². The highest BCUT2D eigenvalue weighted by molar-refractivity contribution is 7.92. The van der Waals surface area contributed by atoms with Gasteiger partial charge in [0.25, 0.3) is 0 Å². The Hall–Kier alpha value is -1.15. The molecule has 1 aliphatic rings. The molecule has 1 aromatic rings. The van der Waals surface area contributed by atoms with Gasteiger partial charge in [-0.3, -0.25) is 0 Å². The van der Waals surface area contributed by atoms with Crippen molar-refractivity contribution in [3.8, 4) is 0 Å². The van der Waals surface area contributed by atoms with Gasteiger partial charge in [0, 0.05) is 37.1 Å². The standard InChI is InChI=1S/C17H30N4O2S2/c1-6-18-16(21-7-8-25(22,23)17(4,5)12-21)20-11-14-10-19-15(24-14)9-13(2)3/h10,13H,6-9,11-12H2,1-5H3,(H,18,20). The number of nitrogens with zero attached hydrogens (tertiary/aromatic N) is 3. The second-order valence-electron chi connectivity index (χ2n) is 7.49. The zero-order chi connectivity index (χ0) is 18.7. The van der Waals surface area contributed by atoms with Gasteiger partial charge in [0.05, 0.1) is 22.1 Å². The van der Waals surface area contributed by atoms with E-state index in [1.165, 1.54) is 0 Å². The van der Waals surface area contributed by atoms with E-state index in [9.17, 15) is 8.42 Å². The van der Waals surface area contributed by atoms with E-state index in [2.05, 4.69) is 29.0 Å². The monoisotopic (exact) mass is 386 g/mol. The molecule has 2 rings (SSSR count). The van der Waals surface area contributed by atoms with Gasteiger partial charge < -0.3 is 10.2 Å². The lowest BCUT2D eigenvalue weighted by atomic mass is 10.1. The lowest BCUT2D eigenvalue weighted by Crippen LogP contribution is -2.57. The largest absolute Gasteiger partial charge is 0.357 e. The summed E-state index contributed by atoms with van der Waals surface area (Å²) in [5.74, 6) is 1.55. The first-order valence-corrected chi connectivity index (χ1v) is 11.3. The van der Waals surface area contributed by atoms with Crippen LogP contribution in [0.3, 0.4) is 0 Å². The first-order valence-electron chi connectivity index (χ1n) is 8.84. The van der Waals surface area contributed by atoms with E-state index in [-0.39, 0.29) is 5.75 Å². The molecule has 6 nitrogen and oxygen atoms in total. The van der Waals surface area contributed by atoms with Crippen LogP contribution in [0.25, 0.3) is 0 Å². The highest BCUT2D eigenvalue weighted by Gasteiger charge is 2.40. The summed E-state index contributed by atoms with van der Waals surface area (Å²) in [7, 11) is -3.05. The normalized spacial score (nSPS) is 20.1. The van der Waals surface area contributed by atoms with Crippen LogP contribution >= 0.6 is 11.3 Å². The first kappa shape index (κ1) is 20.2. The molecular weight excluding hydrogens is 356 g/mol. The van der Waals surface area contributed by atoms with E-state index in [1.807, 2.05) is 13.1 Å². The summed E-state index contributed by atoms with van der Waals surface area (Å²) in [5.41, 5.74) is 0. The third-order valence-electron chi connectivity index (χ3n) is 4.25. The number of hydrogen-bond donors (Lipinski definition) is 1. The number of thiazole rings is 1.